The van der Waals surface area contributed by atoms with Gasteiger partial charge in [0, 0.05) is 38.0 Å². The van der Waals surface area contributed by atoms with Crippen LogP contribution in [0, 0.1) is 11.8 Å². The Bertz CT molecular complexity index is 444. The molecule has 1 heterocycles. The van der Waals surface area contributed by atoms with Crippen molar-refractivity contribution in [1.29, 1.82) is 0 Å². The van der Waals surface area contributed by atoms with Crippen LogP contribution >= 0.6 is 0 Å². The third kappa shape index (κ3) is 4.94. The van der Waals surface area contributed by atoms with Crippen LogP contribution in [0.3, 0.4) is 0 Å². The van der Waals surface area contributed by atoms with Crippen molar-refractivity contribution in [2.75, 3.05) is 19.6 Å². The standard InChI is InChI=1S/C17H29N3O3/c1-12(2)20-11-14(10-15(20)21)17(23)19-9-8-18-16(22)13-6-4-3-5-7-13/h12-14H,3-11H2,1-2H3,(H,18,22)(H,19,23). The summed E-state index contributed by atoms with van der Waals surface area (Å²) in [7, 11) is 0. The van der Waals surface area contributed by atoms with Crippen LogP contribution in [-0.2, 0) is 14.4 Å². The fourth-order valence-corrected chi connectivity index (χ4v) is 3.43. The number of rotatable bonds is 6. The van der Waals surface area contributed by atoms with Crippen LogP contribution in [-0.4, -0.2) is 48.3 Å². The lowest BCUT2D eigenvalue weighted by molar-refractivity contribution is -0.129. The van der Waals surface area contributed by atoms with Crippen LogP contribution in [0.25, 0.3) is 0 Å². The fourth-order valence-electron chi connectivity index (χ4n) is 3.43. The topological polar surface area (TPSA) is 78.5 Å². The molecule has 2 fully saturated rings. The van der Waals surface area contributed by atoms with Gasteiger partial charge < -0.3 is 15.5 Å². The Morgan fingerprint density at radius 1 is 1.04 bits per heavy atom. The quantitative estimate of drug-likeness (QED) is 0.717. The van der Waals surface area contributed by atoms with Gasteiger partial charge in [-0.2, -0.15) is 0 Å². The zero-order valence-corrected chi connectivity index (χ0v) is 14.3. The average molecular weight is 323 g/mol. The van der Waals surface area contributed by atoms with Crippen molar-refractivity contribution in [3.05, 3.63) is 0 Å². The van der Waals surface area contributed by atoms with Crippen molar-refractivity contribution in [2.24, 2.45) is 11.8 Å². The fraction of sp³-hybridized carbons (Fsp3) is 0.824. The maximum atomic E-state index is 12.1. The van der Waals surface area contributed by atoms with Gasteiger partial charge in [-0.25, -0.2) is 0 Å². The van der Waals surface area contributed by atoms with Gasteiger partial charge in [-0.1, -0.05) is 19.3 Å². The van der Waals surface area contributed by atoms with Crippen LogP contribution in [0.2, 0.25) is 0 Å². The molecule has 130 valence electrons. The number of hydrogen-bond donors (Lipinski definition) is 2. The van der Waals surface area contributed by atoms with E-state index in [1.807, 2.05) is 13.8 Å². The van der Waals surface area contributed by atoms with Crippen LogP contribution in [0.4, 0.5) is 0 Å². The molecule has 1 saturated heterocycles. The highest BCUT2D eigenvalue weighted by Crippen LogP contribution is 2.23. The van der Waals surface area contributed by atoms with Gasteiger partial charge in [0.05, 0.1) is 5.92 Å². The van der Waals surface area contributed by atoms with E-state index in [4.69, 9.17) is 0 Å². The third-order valence-corrected chi connectivity index (χ3v) is 4.85. The normalized spacial score (nSPS) is 22.5. The molecule has 6 nitrogen and oxygen atoms in total. The number of carbonyl (C=O) groups is 3. The molecular formula is C17H29N3O3. The molecule has 0 bridgehead atoms. The lowest BCUT2D eigenvalue weighted by Crippen LogP contribution is -2.40. The van der Waals surface area contributed by atoms with Gasteiger partial charge in [0.15, 0.2) is 0 Å². The zero-order chi connectivity index (χ0) is 16.8. The molecule has 2 aliphatic rings. The van der Waals surface area contributed by atoms with Crippen molar-refractivity contribution >= 4 is 17.7 Å². The van der Waals surface area contributed by atoms with Gasteiger partial charge in [-0.3, -0.25) is 14.4 Å². The second-order valence-electron chi connectivity index (χ2n) is 6.96. The molecule has 0 aromatic rings. The van der Waals surface area contributed by atoms with Crippen LogP contribution in [0.1, 0.15) is 52.4 Å². The average Bonchev–Trinajstić information content (AvgIpc) is 2.94. The molecule has 1 saturated carbocycles. The highest BCUT2D eigenvalue weighted by molar-refractivity contribution is 5.89. The Labute approximate surface area is 138 Å². The zero-order valence-electron chi connectivity index (χ0n) is 14.3. The van der Waals surface area contributed by atoms with Gasteiger partial charge >= 0.3 is 0 Å². The Kier molecular flexibility index (Phi) is 6.42. The molecule has 1 unspecified atom stereocenters. The number of likely N-dealkylation sites (tertiary alicyclic amines) is 1. The van der Waals surface area contributed by atoms with Gasteiger partial charge in [-0.05, 0) is 26.7 Å². The first-order chi connectivity index (χ1) is 11.0. The first kappa shape index (κ1) is 17.8. The summed E-state index contributed by atoms with van der Waals surface area (Å²) in [6.07, 6.45) is 5.75. The molecule has 23 heavy (non-hydrogen) atoms. The summed E-state index contributed by atoms with van der Waals surface area (Å²) in [6, 6.07) is 0.134. The Hall–Kier alpha value is -1.59. The Morgan fingerprint density at radius 3 is 2.13 bits per heavy atom. The summed E-state index contributed by atoms with van der Waals surface area (Å²) in [6.45, 7) is 5.29. The van der Waals surface area contributed by atoms with E-state index >= 15 is 0 Å². The number of nitrogens with one attached hydrogen (secondary N) is 2. The maximum absolute atomic E-state index is 12.1. The lowest BCUT2D eigenvalue weighted by atomic mass is 9.89. The second kappa shape index (κ2) is 8.31. The van der Waals surface area contributed by atoms with Crippen LogP contribution in [0.5, 0.6) is 0 Å². The second-order valence-corrected chi connectivity index (χ2v) is 6.96. The van der Waals surface area contributed by atoms with E-state index < -0.39 is 0 Å². The van der Waals surface area contributed by atoms with Gasteiger partial charge in [-0.15, -0.1) is 0 Å². The maximum Gasteiger partial charge on any atom is 0.225 e. The number of carbonyl (C=O) groups excluding carboxylic acids is 3. The van der Waals surface area contributed by atoms with Crippen molar-refractivity contribution in [3.8, 4) is 0 Å². The molecule has 1 atom stereocenters. The molecule has 1 aliphatic heterocycles. The number of hydrogen-bond acceptors (Lipinski definition) is 3. The summed E-state index contributed by atoms with van der Waals surface area (Å²) < 4.78 is 0. The minimum atomic E-state index is -0.265. The van der Waals surface area contributed by atoms with E-state index in [0.29, 0.717) is 26.1 Å². The smallest absolute Gasteiger partial charge is 0.225 e. The van der Waals surface area contributed by atoms with Gasteiger partial charge in [0.25, 0.3) is 0 Å². The van der Waals surface area contributed by atoms with Gasteiger partial charge in [0.1, 0.15) is 0 Å². The highest BCUT2D eigenvalue weighted by atomic mass is 16.2. The van der Waals surface area contributed by atoms with Crippen LogP contribution in [0.15, 0.2) is 0 Å². The summed E-state index contributed by atoms with van der Waals surface area (Å²) in [5.41, 5.74) is 0. The molecule has 2 N–H and O–H groups in total. The van der Waals surface area contributed by atoms with E-state index in [2.05, 4.69) is 10.6 Å². The third-order valence-electron chi connectivity index (χ3n) is 4.85. The molecule has 1 aliphatic carbocycles. The summed E-state index contributed by atoms with van der Waals surface area (Å²) in [4.78, 5) is 37.6. The molecule has 0 radical (unpaired) electrons. The number of nitrogens with zero attached hydrogens (tertiary/aromatic N) is 1. The minimum absolute atomic E-state index is 0.0470. The molecule has 0 spiro atoms. The van der Waals surface area contributed by atoms with E-state index in [-0.39, 0.29) is 35.6 Å². The Balaban J connectivity index is 1.63. The molecular weight excluding hydrogens is 294 g/mol. The molecule has 2 rings (SSSR count). The lowest BCUT2D eigenvalue weighted by Gasteiger charge is -2.21. The molecule has 6 heteroatoms. The molecule has 0 aromatic carbocycles. The van der Waals surface area contributed by atoms with E-state index in [1.165, 1.54) is 6.42 Å². The summed E-state index contributed by atoms with van der Waals surface area (Å²) in [5.74, 6) is -0.0504. The first-order valence-electron chi connectivity index (χ1n) is 8.84. The monoisotopic (exact) mass is 323 g/mol. The van der Waals surface area contributed by atoms with E-state index in [9.17, 15) is 14.4 Å². The molecule has 3 amide bonds. The van der Waals surface area contributed by atoms with E-state index in [0.717, 1.165) is 25.7 Å². The number of amides is 3. The Morgan fingerprint density at radius 2 is 1.61 bits per heavy atom. The molecule has 0 aromatic heterocycles. The SMILES string of the molecule is CC(C)N1CC(C(=O)NCCNC(=O)C2CCCCC2)CC1=O. The first-order valence-corrected chi connectivity index (χ1v) is 8.84. The van der Waals surface area contributed by atoms with Crippen molar-refractivity contribution in [2.45, 2.75) is 58.4 Å². The summed E-state index contributed by atoms with van der Waals surface area (Å²) in [5, 5.41) is 5.73. The van der Waals surface area contributed by atoms with Gasteiger partial charge in [0.2, 0.25) is 17.7 Å². The predicted octanol–water partition coefficient (Wildman–Crippen LogP) is 1.06. The van der Waals surface area contributed by atoms with Crippen LogP contribution < -0.4 is 10.6 Å². The largest absolute Gasteiger partial charge is 0.354 e. The minimum Gasteiger partial charge on any atom is -0.354 e. The predicted molar refractivity (Wildman–Crippen MR) is 87.6 cm³/mol. The highest BCUT2D eigenvalue weighted by Gasteiger charge is 2.35. The van der Waals surface area contributed by atoms with E-state index in [1.54, 1.807) is 4.90 Å². The van der Waals surface area contributed by atoms with Crippen molar-refractivity contribution < 1.29 is 14.4 Å². The van der Waals surface area contributed by atoms with Crippen molar-refractivity contribution in [3.63, 3.8) is 0 Å². The summed E-state index contributed by atoms with van der Waals surface area (Å²) >= 11 is 0. The van der Waals surface area contributed by atoms with Crippen molar-refractivity contribution in [1.82, 2.24) is 15.5 Å².